The van der Waals surface area contributed by atoms with Gasteiger partial charge < -0.3 is 15.0 Å². The van der Waals surface area contributed by atoms with Gasteiger partial charge in [0.15, 0.2) is 0 Å². The molecular formula is C18H25N3O. The van der Waals surface area contributed by atoms with Crippen molar-refractivity contribution in [3.63, 3.8) is 0 Å². The summed E-state index contributed by atoms with van der Waals surface area (Å²) in [6.07, 6.45) is 3.30. The van der Waals surface area contributed by atoms with Gasteiger partial charge in [0.2, 0.25) is 0 Å². The van der Waals surface area contributed by atoms with Gasteiger partial charge in [-0.1, -0.05) is 38.1 Å². The van der Waals surface area contributed by atoms with Crippen molar-refractivity contribution in [3.8, 4) is 11.3 Å². The largest absolute Gasteiger partial charge is 0.382 e. The first-order chi connectivity index (χ1) is 10.5. The van der Waals surface area contributed by atoms with Crippen LogP contribution in [0.4, 0.5) is 0 Å². The van der Waals surface area contributed by atoms with Gasteiger partial charge in [-0.25, -0.2) is 4.98 Å². The number of imidazole rings is 1. The number of aromatic nitrogens is 2. The molecule has 0 spiro atoms. The lowest BCUT2D eigenvalue weighted by atomic mass is 9.91. The second-order valence-electron chi connectivity index (χ2n) is 6.58. The van der Waals surface area contributed by atoms with E-state index in [1.165, 1.54) is 5.56 Å². The average molecular weight is 299 g/mol. The van der Waals surface area contributed by atoms with E-state index < -0.39 is 5.60 Å². The van der Waals surface area contributed by atoms with Crippen LogP contribution in [0.3, 0.4) is 0 Å². The molecule has 1 saturated heterocycles. The average Bonchev–Trinajstić information content (AvgIpc) is 2.90. The second kappa shape index (κ2) is 5.86. The summed E-state index contributed by atoms with van der Waals surface area (Å²) < 4.78 is 2.04. The molecule has 0 bridgehead atoms. The minimum atomic E-state index is -0.809. The van der Waals surface area contributed by atoms with E-state index in [0.717, 1.165) is 30.2 Å². The summed E-state index contributed by atoms with van der Waals surface area (Å²) in [6.45, 7) is 6.07. The Hall–Kier alpha value is -1.65. The van der Waals surface area contributed by atoms with E-state index in [1.54, 1.807) is 0 Å². The van der Waals surface area contributed by atoms with Gasteiger partial charge in [-0.2, -0.15) is 0 Å². The first-order valence-electron chi connectivity index (χ1n) is 8.07. The van der Waals surface area contributed by atoms with E-state index in [4.69, 9.17) is 0 Å². The molecule has 2 N–H and O–H groups in total. The molecule has 0 radical (unpaired) electrons. The molecule has 118 valence electrons. The summed E-state index contributed by atoms with van der Waals surface area (Å²) in [6, 6.07) is 8.63. The van der Waals surface area contributed by atoms with Crippen molar-refractivity contribution in [1.29, 1.82) is 0 Å². The molecule has 0 aliphatic carbocycles. The number of aliphatic hydroxyl groups is 1. The predicted molar refractivity (Wildman–Crippen MR) is 88.7 cm³/mol. The lowest BCUT2D eigenvalue weighted by Crippen LogP contribution is -2.41. The molecule has 0 atom stereocenters. The highest BCUT2D eigenvalue weighted by atomic mass is 16.3. The van der Waals surface area contributed by atoms with Crippen LogP contribution in [0.2, 0.25) is 0 Å². The summed E-state index contributed by atoms with van der Waals surface area (Å²) in [5, 5.41) is 14.2. The molecule has 1 aromatic carbocycles. The Morgan fingerprint density at radius 1 is 1.18 bits per heavy atom. The minimum absolute atomic E-state index is 0.534. The fourth-order valence-corrected chi connectivity index (χ4v) is 3.21. The van der Waals surface area contributed by atoms with E-state index in [2.05, 4.69) is 48.4 Å². The maximum atomic E-state index is 10.9. The first kappa shape index (κ1) is 15.3. The van der Waals surface area contributed by atoms with Crippen molar-refractivity contribution < 1.29 is 5.11 Å². The molecule has 2 aromatic rings. The third-order valence-corrected chi connectivity index (χ3v) is 4.71. The van der Waals surface area contributed by atoms with Crippen molar-refractivity contribution in [1.82, 2.24) is 14.9 Å². The predicted octanol–water partition coefficient (Wildman–Crippen LogP) is 2.78. The molecule has 0 unspecified atom stereocenters. The van der Waals surface area contributed by atoms with Gasteiger partial charge in [0.25, 0.3) is 0 Å². The monoisotopic (exact) mass is 299 g/mol. The Bertz CT molecular complexity index is 637. The standard InChI is InChI=1S/C18H25N3O/c1-13(2)14-4-6-15(7-5-14)16-12-20-17(21(16)3)18(22)8-10-19-11-9-18/h4-7,12-13,19,22H,8-11H2,1-3H3. The molecule has 0 saturated carbocycles. The minimum Gasteiger partial charge on any atom is -0.382 e. The zero-order valence-corrected chi connectivity index (χ0v) is 13.6. The second-order valence-corrected chi connectivity index (χ2v) is 6.58. The van der Waals surface area contributed by atoms with Gasteiger partial charge in [0.1, 0.15) is 11.4 Å². The number of hydrogen-bond acceptors (Lipinski definition) is 3. The van der Waals surface area contributed by atoms with Gasteiger partial charge in [0, 0.05) is 7.05 Å². The van der Waals surface area contributed by atoms with Crippen LogP contribution in [-0.2, 0) is 12.6 Å². The Balaban J connectivity index is 1.93. The summed E-state index contributed by atoms with van der Waals surface area (Å²) in [7, 11) is 1.99. The van der Waals surface area contributed by atoms with E-state index >= 15 is 0 Å². The molecule has 0 amide bonds. The number of hydrogen-bond donors (Lipinski definition) is 2. The summed E-state index contributed by atoms with van der Waals surface area (Å²) in [5.74, 6) is 1.31. The number of nitrogens with one attached hydrogen (secondary N) is 1. The summed E-state index contributed by atoms with van der Waals surface area (Å²) in [5.41, 5.74) is 2.72. The van der Waals surface area contributed by atoms with Crippen molar-refractivity contribution >= 4 is 0 Å². The molecule has 2 heterocycles. The van der Waals surface area contributed by atoms with Gasteiger partial charge in [0.05, 0.1) is 11.9 Å². The Morgan fingerprint density at radius 3 is 2.41 bits per heavy atom. The summed E-state index contributed by atoms with van der Waals surface area (Å²) in [4.78, 5) is 4.53. The van der Waals surface area contributed by atoms with Gasteiger partial charge in [-0.3, -0.25) is 0 Å². The van der Waals surface area contributed by atoms with Crippen LogP contribution in [0, 0.1) is 0 Å². The van der Waals surface area contributed by atoms with Crippen LogP contribution in [0.25, 0.3) is 11.3 Å². The smallest absolute Gasteiger partial charge is 0.141 e. The lowest BCUT2D eigenvalue weighted by Gasteiger charge is -2.32. The number of rotatable bonds is 3. The van der Waals surface area contributed by atoms with Crippen molar-refractivity contribution in [3.05, 3.63) is 41.9 Å². The fraction of sp³-hybridized carbons (Fsp3) is 0.500. The molecule has 1 aliphatic rings. The Morgan fingerprint density at radius 2 is 1.82 bits per heavy atom. The molecule has 4 nitrogen and oxygen atoms in total. The molecule has 3 rings (SSSR count). The van der Waals surface area contributed by atoms with E-state index in [0.29, 0.717) is 18.8 Å². The van der Waals surface area contributed by atoms with Gasteiger partial charge in [-0.05, 0) is 43.0 Å². The number of nitrogens with zero attached hydrogens (tertiary/aromatic N) is 2. The third-order valence-electron chi connectivity index (χ3n) is 4.71. The molecule has 1 aromatic heterocycles. The molecule has 1 aliphatic heterocycles. The van der Waals surface area contributed by atoms with Crippen molar-refractivity contribution in [2.45, 2.75) is 38.2 Å². The quantitative estimate of drug-likeness (QED) is 0.916. The van der Waals surface area contributed by atoms with Crippen LogP contribution in [0.1, 0.15) is 44.0 Å². The van der Waals surface area contributed by atoms with Crippen LogP contribution >= 0.6 is 0 Å². The van der Waals surface area contributed by atoms with E-state index in [-0.39, 0.29) is 0 Å². The maximum Gasteiger partial charge on any atom is 0.141 e. The molecular weight excluding hydrogens is 274 g/mol. The molecule has 1 fully saturated rings. The Labute approximate surface area is 132 Å². The first-order valence-corrected chi connectivity index (χ1v) is 8.07. The fourth-order valence-electron chi connectivity index (χ4n) is 3.21. The van der Waals surface area contributed by atoms with Crippen LogP contribution < -0.4 is 5.32 Å². The summed E-state index contributed by atoms with van der Waals surface area (Å²) >= 11 is 0. The zero-order valence-electron chi connectivity index (χ0n) is 13.6. The van der Waals surface area contributed by atoms with Gasteiger partial charge in [-0.15, -0.1) is 0 Å². The number of benzene rings is 1. The molecule has 4 heteroatoms. The highest BCUT2D eigenvalue weighted by Crippen LogP contribution is 2.32. The van der Waals surface area contributed by atoms with E-state index in [1.807, 2.05) is 17.8 Å². The van der Waals surface area contributed by atoms with Crippen LogP contribution in [-0.4, -0.2) is 27.7 Å². The highest BCUT2D eigenvalue weighted by Gasteiger charge is 2.35. The third kappa shape index (κ3) is 2.69. The maximum absolute atomic E-state index is 10.9. The van der Waals surface area contributed by atoms with Crippen LogP contribution in [0.15, 0.2) is 30.5 Å². The number of piperidine rings is 1. The Kier molecular flexibility index (Phi) is 4.06. The normalized spacial score (nSPS) is 17.9. The van der Waals surface area contributed by atoms with Crippen LogP contribution in [0.5, 0.6) is 0 Å². The molecule has 22 heavy (non-hydrogen) atoms. The van der Waals surface area contributed by atoms with E-state index in [9.17, 15) is 5.11 Å². The highest BCUT2D eigenvalue weighted by molar-refractivity contribution is 5.60. The topological polar surface area (TPSA) is 50.1 Å². The SMILES string of the molecule is CC(C)c1ccc(-c2cnc(C3(O)CCNCC3)n2C)cc1. The zero-order chi connectivity index (χ0) is 15.7. The van der Waals surface area contributed by atoms with Crippen molar-refractivity contribution in [2.24, 2.45) is 7.05 Å². The lowest BCUT2D eigenvalue weighted by molar-refractivity contribution is -0.00470. The van der Waals surface area contributed by atoms with Gasteiger partial charge >= 0.3 is 0 Å². The van der Waals surface area contributed by atoms with Crippen molar-refractivity contribution in [2.75, 3.05) is 13.1 Å².